The van der Waals surface area contributed by atoms with Crippen LogP contribution in [0.1, 0.15) is 35.0 Å². The summed E-state index contributed by atoms with van der Waals surface area (Å²) in [5.41, 5.74) is 0.560. The minimum absolute atomic E-state index is 0.0181. The van der Waals surface area contributed by atoms with Crippen LogP contribution in [-0.4, -0.2) is 59.9 Å². The van der Waals surface area contributed by atoms with Crippen molar-refractivity contribution >= 4 is 23.1 Å². The van der Waals surface area contributed by atoms with Gasteiger partial charge in [0.2, 0.25) is 5.91 Å². The summed E-state index contributed by atoms with van der Waals surface area (Å²) in [6.45, 7) is 0.124. The molecule has 2 heterocycles. The molecule has 26 heavy (non-hydrogen) atoms. The molecule has 1 aromatic carbocycles. The SMILES string of the molecule is [2H]C([2H])([2H])N1C[C@H](C(=O)N(C)CCC)C=C2c3cccc4c3C(O)(C[C@H]21)C(=O)N4. The van der Waals surface area contributed by atoms with Crippen LogP contribution in [0.15, 0.2) is 24.3 Å². The fourth-order valence-corrected chi connectivity index (χ4v) is 4.41. The molecule has 4 rings (SSSR count). The van der Waals surface area contributed by atoms with Gasteiger partial charge in [0, 0.05) is 48.0 Å². The van der Waals surface area contributed by atoms with Gasteiger partial charge in [-0.1, -0.05) is 25.1 Å². The maximum Gasteiger partial charge on any atom is 0.261 e. The normalized spacial score (nSPS) is 31.7. The van der Waals surface area contributed by atoms with Crippen LogP contribution in [0.3, 0.4) is 0 Å². The van der Waals surface area contributed by atoms with E-state index in [4.69, 9.17) is 4.11 Å². The monoisotopic (exact) mass is 358 g/mol. The summed E-state index contributed by atoms with van der Waals surface area (Å²) < 4.78 is 24.1. The summed E-state index contributed by atoms with van der Waals surface area (Å²) >= 11 is 0. The zero-order valence-corrected chi connectivity index (χ0v) is 15.0. The summed E-state index contributed by atoms with van der Waals surface area (Å²) in [5.74, 6) is -1.27. The molecule has 3 aliphatic rings. The van der Waals surface area contributed by atoms with E-state index in [9.17, 15) is 14.7 Å². The lowest BCUT2D eigenvalue weighted by Crippen LogP contribution is -2.51. The molecule has 1 aromatic rings. The van der Waals surface area contributed by atoms with Gasteiger partial charge in [0.15, 0.2) is 5.60 Å². The molecular weight excluding hydrogens is 330 g/mol. The zero-order chi connectivity index (χ0) is 21.1. The summed E-state index contributed by atoms with van der Waals surface area (Å²) in [7, 11) is 1.72. The summed E-state index contributed by atoms with van der Waals surface area (Å²) in [6.07, 6.45) is 2.59. The van der Waals surface area contributed by atoms with E-state index in [0.29, 0.717) is 28.9 Å². The van der Waals surface area contributed by atoms with E-state index in [2.05, 4.69) is 5.32 Å². The van der Waals surface area contributed by atoms with Crippen molar-refractivity contribution in [2.75, 3.05) is 32.4 Å². The average Bonchev–Trinajstić information content (AvgIpc) is 2.91. The van der Waals surface area contributed by atoms with Gasteiger partial charge in [-0.05, 0) is 30.6 Å². The first kappa shape index (κ1) is 13.9. The Bertz CT molecular complexity index is 914. The Balaban J connectivity index is 1.86. The number of nitrogens with zero attached hydrogens (tertiary/aromatic N) is 2. The van der Waals surface area contributed by atoms with Crippen LogP contribution in [0.25, 0.3) is 5.57 Å². The Morgan fingerprint density at radius 2 is 2.35 bits per heavy atom. The van der Waals surface area contributed by atoms with Gasteiger partial charge in [0.05, 0.1) is 5.92 Å². The number of hydrogen-bond acceptors (Lipinski definition) is 4. The molecule has 0 radical (unpaired) electrons. The number of amides is 2. The highest BCUT2D eigenvalue weighted by atomic mass is 16.3. The van der Waals surface area contributed by atoms with Gasteiger partial charge in [-0.3, -0.25) is 14.5 Å². The molecule has 1 aliphatic carbocycles. The number of aliphatic hydroxyl groups is 1. The van der Waals surface area contributed by atoms with Crippen LogP contribution in [0.2, 0.25) is 0 Å². The third kappa shape index (κ3) is 2.32. The molecule has 2 amide bonds. The molecule has 6 heteroatoms. The average molecular weight is 358 g/mol. The number of benzene rings is 1. The van der Waals surface area contributed by atoms with Gasteiger partial charge < -0.3 is 15.3 Å². The molecule has 138 valence electrons. The van der Waals surface area contributed by atoms with E-state index in [1.54, 1.807) is 30.1 Å². The predicted octanol–water partition coefficient (Wildman–Crippen LogP) is 1.41. The van der Waals surface area contributed by atoms with E-state index in [1.165, 1.54) is 4.90 Å². The first-order valence-corrected chi connectivity index (χ1v) is 8.99. The Morgan fingerprint density at radius 1 is 1.54 bits per heavy atom. The predicted molar refractivity (Wildman–Crippen MR) is 99.4 cm³/mol. The Morgan fingerprint density at radius 3 is 3.08 bits per heavy atom. The highest BCUT2D eigenvalue weighted by molar-refractivity contribution is 6.08. The molecule has 2 N–H and O–H groups in total. The molecule has 6 nitrogen and oxygen atoms in total. The van der Waals surface area contributed by atoms with E-state index in [0.717, 1.165) is 6.42 Å². The fraction of sp³-hybridized carbons (Fsp3) is 0.500. The summed E-state index contributed by atoms with van der Waals surface area (Å²) in [4.78, 5) is 28.4. The van der Waals surface area contributed by atoms with Gasteiger partial charge in [0.1, 0.15) is 0 Å². The molecule has 0 bridgehead atoms. The molecule has 1 unspecified atom stereocenters. The van der Waals surface area contributed by atoms with Crippen molar-refractivity contribution in [3.05, 3.63) is 35.4 Å². The highest BCUT2D eigenvalue weighted by Crippen LogP contribution is 2.51. The van der Waals surface area contributed by atoms with Gasteiger partial charge in [-0.15, -0.1) is 0 Å². The lowest BCUT2D eigenvalue weighted by atomic mass is 9.72. The highest BCUT2D eigenvalue weighted by Gasteiger charge is 2.53. The van der Waals surface area contributed by atoms with Gasteiger partial charge >= 0.3 is 0 Å². The van der Waals surface area contributed by atoms with Crippen LogP contribution in [-0.2, 0) is 15.2 Å². The maximum absolute atomic E-state index is 13.0. The van der Waals surface area contributed by atoms with Crippen molar-refractivity contribution in [3.63, 3.8) is 0 Å². The molecule has 0 aromatic heterocycles. The number of rotatable bonds is 3. The van der Waals surface area contributed by atoms with Crippen LogP contribution >= 0.6 is 0 Å². The molecule has 0 saturated heterocycles. The molecule has 0 spiro atoms. The standard InChI is InChI=1S/C20H25N3O3/c1-4-8-22(2)18(24)12-9-14-13-6-5-7-15-17(13)20(26,19(25)21-15)10-16(14)23(3)11-12/h5-7,9,12,16,26H,4,8,10-11H2,1-3H3,(H,21,25)/t12-,16-,20?/m1/s1/i3D3. The van der Waals surface area contributed by atoms with E-state index >= 15 is 0 Å². The number of fused-ring (bicyclic) bond motifs is 2. The smallest absolute Gasteiger partial charge is 0.261 e. The van der Waals surface area contributed by atoms with Gasteiger partial charge in [-0.25, -0.2) is 0 Å². The Labute approximate surface area is 157 Å². The van der Waals surface area contributed by atoms with Crippen molar-refractivity contribution < 1.29 is 18.8 Å². The first-order valence-electron chi connectivity index (χ1n) is 10.5. The Kier molecular flexibility index (Phi) is 3.18. The molecule has 0 fully saturated rings. The lowest BCUT2D eigenvalue weighted by molar-refractivity contribution is -0.137. The lowest BCUT2D eigenvalue weighted by Gasteiger charge is -2.44. The Hall–Kier alpha value is -2.18. The third-order valence-corrected chi connectivity index (χ3v) is 5.66. The van der Waals surface area contributed by atoms with E-state index in [1.807, 2.05) is 13.0 Å². The van der Waals surface area contributed by atoms with Crippen LogP contribution in [0.4, 0.5) is 5.69 Å². The van der Waals surface area contributed by atoms with E-state index in [-0.39, 0.29) is 18.9 Å². The van der Waals surface area contributed by atoms with Gasteiger partial charge in [-0.2, -0.15) is 0 Å². The van der Waals surface area contributed by atoms with Crippen molar-refractivity contribution in [1.29, 1.82) is 0 Å². The zero-order valence-electron chi connectivity index (χ0n) is 18.0. The third-order valence-electron chi connectivity index (χ3n) is 5.66. The van der Waals surface area contributed by atoms with E-state index < -0.39 is 30.4 Å². The van der Waals surface area contributed by atoms with Crippen molar-refractivity contribution in [3.8, 4) is 0 Å². The second-order valence-electron chi connectivity index (χ2n) is 7.40. The number of carbonyl (C=O) groups is 2. The van der Waals surface area contributed by atoms with Crippen LogP contribution in [0.5, 0.6) is 0 Å². The first-order chi connectivity index (χ1) is 13.6. The van der Waals surface area contributed by atoms with Crippen LogP contribution < -0.4 is 5.32 Å². The minimum atomic E-state index is -2.47. The largest absolute Gasteiger partial charge is 0.375 e. The molecule has 2 aliphatic heterocycles. The number of hydrogen-bond donors (Lipinski definition) is 2. The molecule has 0 saturated carbocycles. The fourth-order valence-electron chi connectivity index (χ4n) is 4.41. The van der Waals surface area contributed by atoms with Crippen molar-refractivity contribution in [2.24, 2.45) is 5.92 Å². The van der Waals surface area contributed by atoms with Gasteiger partial charge in [0.25, 0.3) is 5.91 Å². The summed E-state index contributed by atoms with van der Waals surface area (Å²) in [6, 6.07) is 4.58. The van der Waals surface area contributed by atoms with Crippen molar-refractivity contribution in [1.82, 2.24) is 9.80 Å². The topological polar surface area (TPSA) is 72.9 Å². The second-order valence-corrected chi connectivity index (χ2v) is 7.40. The molecule has 3 atom stereocenters. The minimum Gasteiger partial charge on any atom is -0.375 e. The second kappa shape index (κ2) is 5.93. The number of anilines is 1. The quantitative estimate of drug-likeness (QED) is 0.857. The van der Waals surface area contributed by atoms with Crippen molar-refractivity contribution in [2.45, 2.75) is 31.4 Å². The number of nitrogens with one attached hydrogen (secondary N) is 1. The van der Waals surface area contributed by atoms with Crippen LogP contribution in [0, 0.1) is 5.92 Å². The summed E-state index contributed by atoms with van der Waals surface area (Å²) in [5, 5.41) is 13.9. The number of likely N-dealkylation sites (N-methyl/N-ethyl adjacent to an activating group) is 1. The molecular formula is C20H25N3O3. The maximum atomic E-state index is 13.0. The number of carbonyl (C=O) groups excluding carboxylic acids is 2.